The molecule has 6 heteroatoms. The van der Waals surface area contributed by atoms with Crippen molar-refractivity contribution in [2.75, 3.05) is 23.7 Å². The first-order valence-corrected chi connectivity index (χ1v) is 9.53. The lowest BCUT2D eigenvalue weighted by molar-refractivity contribution is -0.114. The van der Waals surface area contributed by atoms with E-state index in [0.717, 1.165) is 31.5 Å². The molecule has 0 spiro atoms. The van der Waals surface area contributed by atoms with Gasteiger partial charge in [-0.15, -0.1) is 0 Å². The van der Waals surface area contributed by atoms with Crippen LogP contribution in [0.1, 0.15) is 42.6 Å². The Morgan fingerprint density at radius 2 is 1.79 bits per heavy atom. The van der Waals surface area contributed by atoms with Gasteiger partial charge in [-0.25, -0.2) is 0 Å². The molecule has 28 heavy (non-hydrogen) atoms. The molecule has 1 aliphatic rings. The lowest BCUT2D eigenvalue weighted by Crippen LogP contribution is -2.45. The lowest BCUT2D eigenvalue weighted by Gasteiger charge is -2.36. The first-order valence-electron chi connectivity index (χ1n) is 9.53. The van der Waals surface area contributed by atoms with Crippen LogP contribution in [-0.4, -0.2) is 40.5 Å². The van der Waals surface area contributed by atoms with Gasteiger partial charge >= 0.3 is 0 Å². The van der Waals surface area contributed by atoms with Gasteiger partial charge in [-0.3, -0.25) is 14.5 Å². The molecule has 2 amide bonds. The molecule has 3 rings (SSSR count). The Morgan fingerprint density at radius 1 is 1.11 bits per heavy atom. The van der Waals surface area contributed by atoms with Gasteiger partial charge in [0, 0.05) is 37.0 Å². The van der Waals surface area contributed by atoms with Crippen LogP contribution < -0.4 is 10.6 Å². The second kappa shape index (κ2) is 8.54. The van der Waals surface area contributed by atoms with Crippen LogP contribution in [0.25, 0.3) is 0 Å². The first kappa shape index (κ1) is 20.0. The van der Waals surface area contributed by atoms with Gasteiger partial charge in [0.2, 0.25) is 5.91 Å². The molecule has 1 saturated heterocycles. The fourth-order valence-corrected chi connectivity index (χ4v) is 3.56. The number of carbonyl (C=O) groups excluding carboxylic acids is 2. The van der Waals surface area contributed by atoms with Crippen LogP contribution in [0.4, 0.5) is 11.4 Å². The zero-order chi connectivity index (χ0) is 20.1. The van der Waals surface area contributed by atoms with Crippen molar-refractivity contribution in [3.8, 4) is 0 Å². The van der Waals surface area contributed by atoms with Crippen LogP contribution >= 0.6 is 0 Å². The number of likely N-dealkylation sites (tertiary alicyclic amines) is 1. The van der Waals surface area contributed by atoms with E-state index in [1.807, 2.05) is 31.2 Å². The number of rotatable bonds is 5. The quantitative estimate of drug-likeness (QED) is 0.743. The highest BCUT2D eigenvalue weighted by atomic mass is 16.3. The number of benzene rings is 2. The summed E-state index contributed by atoms with van der Waals surface area (Å²) in [4.78, 5) is 25.9. The standard InChI is InChI=1S/C22H27N3O3/c1-16(26)23-19-5-3-6-20(13-19)24-21(27)18-9-7-17(8-10-18)14-25-12-4-11-22(2,28)15-25/h3,5-10,13,28H,4,11-12,14-15H2,1-2H3,(H,23,26)(H,24,27)/t22-/m0/s1. The second-order valence-corrected chi connectivity index (χ2v) is 7.72. The molecule has 0 aliphatic carbocycles. The van der Waals surface area contributed by atoms with Crippen molar-refractivity contribution in [1.29, 1.82) is 0 Å². The fraction of sp³-hybridized carbons (Fsp3) is 0.364. The van der Waals surface area contributed by atoms with Crippen molar-refractivity contribution in [3.63, 3.8) is 0 Å². The van der Waals surface area contributed by atoms with Crippen molar-refractivity contribution < 1.29 is 14.7 Å². The van der Waals surface area contributed by atoms with Crippen LogP contribution in [-0.2, 0) is 11.3 Å². The maximum absolute atomic E-state index is 12.5. The molecule has 2 aromatic carbocycles. The minimum atomic E-state index is -0.621. The summed E-state index contributed by atoms with van der Waals surface area (Å²) in [5, 5.41) is 15.8. The van der Waals surface area contributed by atoms with Crippen molar-refractivity contribution in [2.24, 2.45) is 0 Å². The molecule has 0 unspecified atom stereocenters. The third-order valence-electron chi connectivity index (χ3n) is 4.82. The molecule has 1 aliphatic heterocycles. The topological polar surface area (TPSA) is 81.7 Å². The monoisotopic (exact) mass is 381 g/mol. The number of hydrogen-bond donors (Lipinski definition) is 3. The molecule has 0 aromatic heterocycles. The number of nitrogens with zero attached hydrogens (tertiary/aromatic N) is 1. The summed E-state index contributed by atoms with van der Waals surface area (Å²) >= 11 is 0. The molecule has 0 radical (unpaired) electrons. The maximum atomic E-state index is 12.5. The molecular weight excluding hydrogens is 354 g/mol. The Bertz CT molecular complexity index is 846. The van der Waals surface area contributed by atoms with Crippen LogP contribution in [0.15, 0.2) is 48.5 Å². The largest absolute Gasteiger partial charge is 0.389 e. The van der Waals surface area contributed by atoms with Gasteiger partial charge < -0.3 is 15.7 Å². The predicted molar refractivity (Wildman–Crippen MR) is 110 cm³/mol. The minimum Gasteiger partial charge on any atom is -0.389 e. The van der Waals surface area contributed by atoms with Gasteiger partial charge in [0.1, 0.15) is 0 Å². The van der Waals surface area contributed by atoms with Gasteiger partial charge in [-0.1, -0.05) is 18.2 Å². The summed E-state index contributed by atoms with van der Waals surface area (Å²) in [5.74, 6) is -0.360. The number of amides is 2. The highest BCUT2D eigenvalue weighted by Gasteiger charge is 2.28. The number of carbonyl (C=O) groups is 2. The Labute approximate surface area is 165 Å². The highest BCUT2D eigenvalue weighted by molar-refractivity contribution is 6.04. The first-order chi connectivity index (χ1) is 13.3. The van der Waals surface area contributed by atoms with Crippen LogP contribution in [0.2, 0.25) is 0 Å². The molecule has 1 atom stereocenters. The molecule has 0 bridgehead atoms. The van der Waals surface area contributed by atoms with Crippen molar-refractivity contribution in [3.05, 3.63) is 59.7 Å². The normalized spacial score (nSPS) is 19.8. The molecule has 3 N–H and O–H groups in total. The average Bonchev–Trinajstić information content (AvgIpc) is 2.61. The zero-order valence-electron chi connectivity index (χ0n) is 16.4. The van der Waals surface area contributed by atoms with E-state index in [0.29, 0.717) is 23.5 Å². The van der Waals surface area contributed by atoms with E-state index in [9.17, 15) is 14.7 Å². The zero-order valence-corrected chi connectivity index (χ0v) is 16.4. The Hall–Kier alpha value is -2.70. The van der Waals surface area contributed by atoms with E-state index in [4.69, 9.17) is 0 Å². The molecule has 0 saturated carbocycles. The Kier molecular flexibility index (Phi) is 6.11. The predicted octanol–water partition coefficient (Wildman–Crippen LogP) is 3.24. The Morgan fingerprint density at radius 3 is 2.43 bits per heavy atom. The number of aliphatic hydroxyl groups is 1. The maximum Gasteiger partial charge on any atom is 0.255 e. The molecule has 6 nitrogen and oxygen atoms in total. The summed E-state index contributed by atoms with van der Waals surface area (Å²) in [7, 11) is 0. The number of hydrogen-bond acceptors (Lipinski definition) is 4. The van der Waals surface area contributed by atoms with Gasteiger partial charge in [0.15, 0.2) is 0 Å². The third-order valence-corrected chi connectivity index (χ3v) is 4.82. The average molecular weight is 381 g/mol. The second-order valence-electron chi connectivity index (χ2n) is 7.72. The minimum absolute atomic E-state index is 0.158. The van der Waals surface area contributed by atoms with Crippen molar-refractivity contribution in [2.45, 2.75) is 38.8 Å². The number of piperidine rings is 1. The van der Waals surface area contributed by atoms with E-state index in [2.05, 4.69) is 15.5 Å². The van der Waals surface area contributed by atoms with Crippen molar-refractivity contribution in [1.82, 2.24) is 4.90 Å². The molecule has 1 fully saturated rings. The van der Waals surface area contributed by atoms with Gasteiger partial charge in [0.25, 0.3) is 5.91 Å². The van der Waals surface area contributed by atoms with E-state index in [-0.39, 0.29) is 11.8 Å². The van der Waals surface area contributed by atoms with Gasteiger partial charge in [-0.05, 0) is 62.2 Å². The summed E-state index contributed by atoms with van der Waals surface area (Å²) in [6.07, 6.45) is 1.83. The van der Waals surface area contributed by atoms with Crippen molar-refractivity contribution >= 4 is 23.2 Å². The Balaban J connectivity index is 1.60. The summed E-state index contributed by atoms with van der Waals surface area (Å²) in [6, 6.07) is 14.6. The van der Waals surface area contributed by atoms with E-state index in [1.165, 1.54) is 6.92 Å². The molecule has 148 valence electrons. The van der Waals surface area contributed by atoms with Crippen LogP contribution in [0, 0.1) is 0 Å². The number of nitrogens with one attached hydrogen (secondary N) is 2. The lowest BCUT2D eigenvalue weighted by atomic mass is 9.95. The number of anilines is 2. The molecule has 2 aromatic rings. The third kappa shape index (κ3) is 5.65. The van der Waals surface area contributed by atoms with Crippen LogP contribution in [0.5, 0.6) is 0 Å². The summed E-state index contributed by atoms with van der Waals surface area (Å²) in [5.41, 5.74) is 2.32. The SMILES string of the molecule is CC(=O)Nc1cccc(NC(=O)c2ccc(CN3CCC[C@](C)(O)C3)cc2)c1. The molecule has 1 heterocycles. The number of β-amino-alcohol motifs (C(OH)–C–C–N with tert-alkyl or cyclic N) is 1. The van der Waals surface area contributed by atoms with Crippen LogP contribution in [0.3, 0.4) is 0 Å². The fourth-order valence-electron chi connectivity index (χ4n) is 3.56. The summed E-state index contributed by atoms with van der Waals surface area (Å²) in [6.45, 7) is 5.73. The van der Waals surface area contributed by atoms with E-state index in [1.54, 1.807) is 24.3 Å². The highest BCUT2D eigenvalue weighted by Crippen LogP contribution is 2.22. The van der Waals surface area contributed by atoms with Gasteiger partial charge in [0.05, 0.1) is 5.60 Å². The van der Waals surface area contributed by atoms with E-state index >= 15 is 0 Å². The smallest absolute Gasteiger partial charge is 0.255 e. The molecular formula is C22H27N3O3. The summed E-state index contributed by atoms with van der Waals surface area (Å²) < 4.78 is 0. The van der Waals surface area contributed by atoms with E-state index < -0.39 is 5.60 Å². The van der Waals surface area contributed by atoms with Gasteiger partial charge in [-0.2, -0.15) is 0 Å².